The summed E-state index contributed by atoms with van der Waals surface area (Å²) in [6.45, 7) is 0.474. The number of nitrogens with zero attached hydrogens (tertiary/aromatic N) is 2. The molecule has 4 nitrogen and oxygen atoms in total. The van der Waals surface area contributed by atoms with Crippen molar-refractivity contribution in [2.24, 2.45) is 7.05 Å². The molecule has 1 N–H and O–H groups in total. The van der Waals surface area contributed by atoms with E-state index in [2.05, 4.69) is 31.1 Å². The highest BCUT2D eigenvalue weighted by molar-refractivity contribution is 9.10. The quantitative estimate of drug-likeness (QED) is 0.879. The van der Waals surface area contributed by atoms with Gasteiger partial charge in [-0.3, -0.25) is 4.68 Å². The maximum absolute atomic E-state index is 12.4. The Morgan fingerprint density at radius 2 is 2.14 bits per heavy atom. The highest BCUT2D eigenvalue weighted by Gasteiger charge is 2.32. The van der Waals surface area contributed by atoms with Gasteiger partial charge in [-0.2, -0.15) is 5.10 Å². The van der Waals surface area contributed by atoms with Crippen LogP contribution < -0.4 is 10.1 Å². The molecular formula is C13H13BrF3N3O. The fourth-order valence-electron chi connectivity index (χ4n) is 1.79. The maximum Gasteiger partial charge on any atom is 0.573 e. The van der Waals surface area contributed by atoms with Gasteiger partial charge in [0.25, 0.3) is 0 Å². The molecule has 0 spiro atoms. The van der Waals surface area contributed by atoms with Gasteiger partial charge < -0.3 is 10.1 Å². The minimum absolute atomic E-state index is 0.261. The van der Waals surface area contributed by atoms with Crippen LogP contribution in [0, 0.1) is 0 Å². The molecule has 0 aliphatic carbocycles. The molecule has 0 fully saturated rings. The third kappa shape index (κ3) is 4.96. The van der Waals surface area contributed by atoms with Gasteiger partial charge in [-0.1, -0.05) is 15.9 Å². The molecule has 8 heteroatoms. The van der Waals surface area contributed by atoms with Gasteiger partial charge in [-0.05, 0) is 30.2 Å². The van der Waals surface area contributed by atoms with Crippen LogP contribution >= 0.6 is 15.9 Å². The summed E-state index contributed by atoms with van der Waals surface area (Å²) < 4.78 is 43.3. The second-order valence-corrected chi connectivity index (χ2v) is 5.30. The predicted molar refractivity (Wildman–Crippen MR) is 76.2 cm³/mol. The minimum atomic E-state index is -4.72. The Kier molecular flexibility index (Phi) is 4.76. The Hall–Kier alpha value is -1.70. The monoisotopic (exact) mass is 363 g/mol. The standard InChI is InChI=1S/C13H13BrF3N3O/c1-20-8-9(7-19-20)4-5-18-11-3-2-10(14)6-12(11)21-13(15,16)17/h2-3,6-8,18H,4-5H2,1H3. The fourth-order valence-corrected chi connectivity index (χ4v) is 2.13. The topological polar surface area (TPSA) is 39.1 Å². The Morgan fingerprint density at radius 3 is 2.76 bits per heavy atom. The fraction of sp³-hybridized carbons (Fsp3) is 0.308. The summed E-state index contributed by atoms with van der Waals surface area (Å²) in [4.78, 5) is 0. The zero-order valence-electron chi connectivity index (χ0n) is 11.1. The average Bonchev–Trinajstić information content (AvgIpc) is 2.76. The number of halogens is 4. The van der Waals surface area contributed by atoms with E-state index in [0.717, 1.165) is 5.56 Å². The lowest BCUT2D eigenvalue weighted by molar-refractivity contribution is -0.274. The van der Waals surface area contributed by atoms with Crippen molar-refractivity contribution < 1.29 is 17.9 Å². The molecule has 0 atom stereocenters. The van der Waals surface area contributed by atoms with Crippen molar-refractivity contribution in [3.8, 4) is 5.75 Å². The molecule has 0 aliphatic rings. The molecule has 0 saturated heterocycles. The van der Waals surface area contributed by atoms with Crippen molar-refractivity contribution in [1.82, 2.24) is 9.78 Å². The molecular weight excluding hydrogens is 351 g/mol. The SMILES string of the molecule is Cn1cc(CCNc2ccc(Br)cc2OC(F)(F)F)cn1. The number of aromatic nitrogens is 2. The number of aryl methyl sites for hydroxylation is 1. The number of benzene rings is 1. The summed E-state index contributed by atoms with van der Waals surface area (Å²) in [6, 6.07) is 4.46. The summed E-state index contributed by atoms with van der Waals surface area (Å²) in [5, 5.41) is 6.97. The lowest BCUT2D eigenvalue weighted by Gasteiger charge is -2.14. The summed E-state index contributed by atoms with van der Waals surface area (Å²) in [6.07, 6.45) is -0.497. The van der Waals surface area contributed by atoms with Crippen LogP contribution in [0.4, 0.5) is 18.9 Å². The summed E-state index contributed by atoms with van der Waals surface area (Å²) >= 11 is 3.13. The van der Waals surface area contributed by atoms with E-state index in [9.17, 15) is 13.2 Å². The molecule has 1 heterocycles. The smallest absolute Gasteiger partial charge is 0.404 e. The molecule has 0 aliphatic heterocycles. The molecule has 0 radical (unpaired) electrons. The van der Waals surface area contributed by atoms with Crippen LogP contribution in [-0.2, 0) is 13.5 Å². The van der Waals surface area contributed by atoms with E-state index in [-0.39, 0.29) is 5.75 Å². The Bertz CT molecular complexity index is 613. The van der Waals surface area contributed by atoms with Crippen molar-refractivity contribution in [1.29, 1.82) is 0 Å². The number of anilines is 1. The molecule has 21 heavy (non-hydrogen) atoms. The van der Waals surface area contributed by atoms with E-state index in [1.54, 1.807) is 24.0 Å². The third-order valence-corrected chi connectivity index (χ3v) is 3.15. The van der Waals surface area contributed by atoms with E-state index >= 15 is 0 Å². The minimum Gasteiger partial charge on any atom is -0.404 e. The molecule has 0 saturated carbocycles. The van der Waals surface area contributed by atoms with Gasteiger partial charge in [-0.15, -0.1) is 13.2 Å². The van der Waals surface area contributed by atoms with Crippen LogP contribution in [0.15, 0.2) is 35.1 Å². The molecule has 2 aromatic rings. The Labute approximate surface area is 128 Å². The zero-order valence-corrected chi connectivity index (χ0v) is 12.7. The number of rotatable bonds is 5. The van der Waals surface area contributed by atoms with E-state index in [4.69, 9.17) is 0 Å². The summed E-state index contributed by atoms with van der Waals surface area (Å²) in [5.41, 5.74) is 1.29. The van der Waals surface area contributed by atoms with Gasteiger partial charge in [0, 0.05) is 24.3 Å². The first-order chi connectivity index (χ1) is 9.83. The van der Waals surface area contributed by atoms with Gasteiger partial charge in [0.05, 0.1) is 11.9 Å². The highest BCUT2D eigenvalue weighted by atomic mass is 79.9. The van der Waals surface area contributed by atoms with Gasteiger partial charge in [0.2, 0.25) is 0 Å². The van der Waals surface area contributed by atoms with Crippen LogP contribution in [0.3, 0.4) is 0 Å². The van der Waals surface area contributed by atoms with Crippen molar-refractivity contribution in [3.05, 3.63) is 40.6 Å². The maximum atomic E-state index is 12.4. The highest BCUT2D eigenvalue weighted by Crippen LogP contribution is 2.32. The van der Waals surface area contributed by atoms with Gasteiger partial charge in [-0.25, -0.2) is 0 Å². The molecule has 2 rings (SSSR count). The van der Waals surface area contributed by atoms with Gasteiger partial charge >= 0.3 is 6.36 Å². The summed E-state index contributed by atoms with van der Waals surface area (Å²) in [5.74, 6) is -0.261. The van der Waals surface area contributed by atoms with E-state index < -0.39 is 6.36 Å². The van der Waals surface area contributed by atoms with E-state index in [1.165, 1.54) is 12.1 Å². The molecule has 0 unspecified atom stereocenters. The van der Waals surface area contributed by atoms with Crippen LogP contribution in [0.5, 0.6) is 5.75 Å². The molecule has 1 aromatic carbocycles. The normalized spacial score (nSPS) is 11.5. The van der Waals surface area contributed by atoms with E-state index in [1.807, 2.05) is 6.20 Å². The van der Waals surface area contributed by atoms with Crippen LogP contribution in [-0.4, -0.2) is 22.7 Å². The predicted octanol–water partition coefficient (Wildman–Crippen LogP) is 3.74. The Morgan fingerprint density at radius 1 is 1.38 bits per heavy atom. The third-order valence-electron chi connectivity index (χ3n) is 2.66. The first kappa shape index (κ1) is 15.7. The molecule has 0 amide bonds. The zero-order chi connectivity index (χ0) is 15.5. The molecule has 114 valence electrons. The first-order valence-corrected chi connectivity index (χ1v) is 6.89. The second-order valence-electron chi connectivity index (χ2n) is 4.39. The molecule has 1 aromatic heterocycles. The number of nitrogens with one attached hydrogen (secondary N) is 1. The van der Waals surface area contributed by atoms with Crippen LogP contribution in [0.2, 0.25) is 0 Å². The van der Waals surface area contributed by atoms with Crippen molar-refractivity contribution in [2.75, 3.05) is 11.9 Å². The average molecular weight is 364 g/mol. The van der Waals surface area contributed by atoms with Gasteiger partial charge in [0.15, 0.2) is 5.75 Å². The lowest BCUT2D eigenvalue weighted by atomic mass is 10.2. The number of ether oxygens (including phenoxy) is 1. The van der Waals surface area contributed by atoms with Crippen molar-refractivity contribution in [3.63, 3.8) is 0 Å². The first-order valence-electron chi connectivity index (χ1n) is 6.10. The van der Waals surface area contributed by atoms with Crippen LogP contribution in [0.25, 0.3) is 0 Å². The number of hydrogen-bond donors (Lipinski definition) is 1. The van der Waals surface area contributed by atoms with Gasteiger partial charge in [0.1, 0.15) is 0 Å². The molecule has 0 bridgehead atoms. The van der Waals surface area contributed by atoms with Crippen molar-refractivity contribution >= 4 is 21.6 Å². The lowest BCUT2D eigenvalue weighted by Crippen LogP contribution is -2.18. The van der Waals surface area contributed by atoms with Crippen molar-refractivity contribution in [2.45, 2.75) is 12.8 Å². The number of hydrogen-bond acceptors (Lipinski definition) is 3. The number of alkyl halides is 3. The summed E-state index contributed by atoms with van der Waals surface area (Å²) in [7, 11) is 1.81. The largest absolute Gasteiger partial charge is 0.573 e. The van der Waals surface area contributed by atoms with Crippen LogP contribution in [0.1, 0.15) is 5.56 Å². The van der Waals surface area contributed by atoms with E-state index in [0.29, 0.717) is 23.1 Å². The Balaban J connectivity index is 2.01. The second kappa shape index (κ2) is 6.38.